The number of nitrogen functional groups attached to an aromatic ring is 1. The Morgan fingerprint density at radius 3 is 2.71 bits per heavy atom. The molecule has 4 heterocycles. The number of rotatable bonds is 2. The largest absolute Gasteiger partial charge is 0.398 e. The van der Waals surface area contributed by atoms with E-state index < -0.39 is 0 Å². The number of thiophene rings is 1. The van der Waals surface area contributed by atoms with Gasteiger partial charge in [0.2, 0.25) is 0 Å². The summed E-state index contributed by atoms with van der Waals surface area (Å²) in [5, 5.41) is 2.22. The monoisotopic (exact) mass is 428 g/mol. The fourth-order valence-corrected chi connectivity index (χ4v) is 5.61. The number of nitrogens with zero attached hydrogens (tertiary/aromatic N) is 3. The predicted octanol–water partition coefficient (Wildman–Crippen LogP) is 4.15. The zero-order chi connectivity index (χ0) is 20.9. The minimum atomic E-state index is -0.0867. The van der Waals surface area contributed by atoms with Crippen molar-refractivity contribution in [3.63, 3.8) is 0 Å². The highest BCUT2D eigenvalue weighted by Gasteiger charge is 2.18. The van der Waals surface area contributed by atoms with E-state index in [4.69, 9.17) is 15.5 Å². The number of nitrogens with two attached hydrogens (primary N) is 1. The second kappa shape index (κ2) is 7.08. The van der Waals surface area contributed by atoms with Crippen LogP contribution in [0.3, 0.4) is 0 Å². The molecule has 0 amide bonds. The third-order valence-corrected chi connectivity index (χ3v) is 7.07. The Hall–Kier alpha value is -3.42. The third kappa shape index (κ3) is 2.89. The molecule has 2 N–H and O–H groups in total. The second-order valence-corrected chi connectivity index (χ2v) is 8.72. The molecule has 31 heavy (non-hydrogen) atoms. The van der Waals surface area contributed by atoms with Gasteiger partial charge in [0.1, 0.15) is 11.5 Å². The summed E-state index contributed by atoms with van der Waals surface area (Å²) in [6.45, 7) is 2.74. The van der Waals surface area contributed by atoms with Crippen molar-refractivity contribution in [2.75, 3.05) is 36.9 Å². The second-order valence-electron chi connectivity index (χ2n) is 7.67. The Labute approximate surface area is 182 Å². The smallest absolute Gasteiger partial charge is 0.259 e. The molecule has 1 saturated heterocycles. The van der Waals surface area contributed by atoms with Crippen LogP contribution in [0.1, 0.15) is 0 Å². The van der Waals surface area contributed by atoms with Crippen molar-refractivity contribution >= 4 is 48.7 Å². The van der Waals surface area contributed by atoms with E-state index in [2.05, 4.69) is 17.0 Å². The normalized spacial score (nSPS) is 14.6. The number of ether oxygens (including phenoxy) is 1. The first-order valence-corrected chi connectivity index (χ1v) is 11.1. The molecule has 6 rings (SSSR count). The molecule has 1 aliphatic rings. The number of anilines is 2. The van der Waals surface area contributed by atoms with Crippen molar-refractivity contribution in [1.29, 1.82) is 0 Å². The minimum absolute atomic E-state index is 0.0867. The molecular formula is C24H20N4O2S. The summed E-state index contributed by atoms with van der Waals surface area (Å²) in [6, 6.07) is 17.8. The van der Waals surface area contributed by atoms with Crippen LogP contribution in [0, 0.1) is 0 Å². The molecule has 7 heteroatoms. The predicted molar refractivity (Wildman–Crippen MR) is 127 cm³/mol. The van der Waals surface area contributed by atoms with Gasteiger partial charge in [-0.05, 0) is 24.3 Å². The number of hydrogen-bond acceptors (Lipinski definition) is 6. The van der Waals surface area contributed by atoms with Gasteiger partial charge in [0.25, 0.3) is 5.56 Å². The minimum Gasteiger partial charge on any atom is -0.398 e. The molecule has 0 saturated carbocycles. The molecule has 1 aliphatic heterocycles. The van der Waals surface area contributed by atoms with Crippen molar-refractivity contribution < 1.29 is 4.74 Å². The van der Waals surface area contributed by atoms with Crippen molar-refractivity contribution in [2.24, 2.45) is 0 Å². The van der Waals surface area contributed by atoms with E-state index >= 15 is 0 Å². The highest BCUT2D eigenvalue weighted by atomic mass is 32.1. The summed E-state index contributed by atoms with van der Waals surface area (Å²) in [5.41, 5.74) is 9.67. The number of morpholine rings is 1. The van der Waals surface area contributed by atoms with E-state index in [-0.39, 0.29) is 5.56 Å². The zero-order valence-corrected chi connectivity index (χ0v) is 17.6. The van der Waals surface area contributed by atoms with E-state index in [1.807, 2.05) is 36.4 Å². The van der Waals surface area contributed by atoms with Crippen molar-refractivity contribution in [3.8, 4) is 11.1 Å². The molecule has 3 aromatic heterocycles. The van der Waals surface area contributed by atoms with Gasteiger partial charge in [-0.25, -0.2) is 4.98 Å². The van der Waals surface area contributed by atoms with E-state index in [0.29, 0.717) is 24.7 Å². The first-order chi connectivity index (χ1) is 15.2. The molecule has 0 radical (unpaired) electrons. The van der Waals surface area contributed by atoms with E-state index in [0.717, 1.165) is 45.4 Å². The highest BCUT2D eigenvalue weighted by Crippen LogP contribution is 2.43. The molecule has 0 spiro atoms. The molecule has 6 nitrogen and oxygen atoms in total. The van der Waals surface area contributed by atoms with Gasteiger partial charge in [0.15, 0.2) is 0 Å². The number of benzene rings is 2. The fraction of sp³-hybridized carbons (Fsp3) is 0.167. The lowest BCUT2D eigenvalue weighted by molar-refractivity contribution is 0.122. The number of fused-ring (bicyclic) bond motifs is 4. The zero-order valence-electron chi connectivity index (χ0n) is 16.7. The molecule has 2 aromatic carbocycles. The summed E-state index contributed by atoms with van der Waals surface area (Å²) in [5.74, 6) is 0.698. The Balaban J connectivity index is 1.65. The van der Waals surface area contributed by atoms with Crippen LogP contribution in [0.4, 0.5) is 11.5 Å². The average molecular weight is 429 g/mol. The lowest BCUT2D eigenvalue weighted by Crippen LogP contribution is -2.37. The maximum atomic E-state index is 12.9. The quantitative estimate of drug-likeness (QED) is 0.428. The molecule has 0 unspecified atom stereocenters. The summed E-state index contributed by atoms with van der Waals surface area (Å²) in [6.07, 6.45) is 1.77. The number of aromatic nitrogens is 2. The van der Waals surface area contributed by atoms with Gasteiger partial charge in [0, 0.05) is 62.3 Å². The first-order valence-electron chi connectivity index (χ1n) is 10.3. The molecule has 0 aliphatic carbocycles. The third-order valence-electron chi connectivity index (χ3n) is 5.86. The Morgan fingerprint density at radius 2 is 1.84 bits per heavy atom. The van der Waals surface area contributed by atoms with E-state index in [1.165, 1.54) is 4.70 Å². The lowest BCUT2D eigenvalue weighted by atomic mass is 10.0. The molecule has 1 fully saturated rings. The van der Waals surface area contributed by atoms with Gasteiger partial charge in [-0.3, -0.25) is 9.20 Å². The topological polar surface area (TPSA) is 72.9 Å². The molecular weight excluding hydrogens is 408 g/mol. The van der Waals surface area contributed by atoms with Crippen LogP contribution in [0.25, 0.3) is 36.9 Å². The average Bonchev–Trinajstić information content (AvgIpc) is 3.20. The standard InChI is InChI=1S/C24H20N4O2S/c25-18-8-7-15(23-22(18)17-4-1-2-6-19(17)31-23)16-5-3-9-28-21(29)14-20(26-24(16)28)27-10-12-30-13-11-27/h1-9,14H,10-13,25H2. The van der Waals surface area contributed by atoms with Gasteiger partial charge in [-0.1, -0.05) is 24.3 Å². The van der Waals surface area contributed by atoms with Gasteiger partial charge >= 0.3 is 0 Å². The van der Waals surface area contributed by atoms with Crippen LogP contribution in [0.2, 0.25) is 0 Å². The highest BCUT2D eigenvalue weighted by molar-refractivity contribution is 7.26. The van der Waals surface area contributed by atoms with Crippen LogP contribution in [0.15, 0.2) is 65.6 Å². The molecule has 0 bridgehead atoms. The van der Waals surface area contributed by atoms with Crippen LogP contribution >= 0.6 is 11.3 Å². The van der Waals surface area contributed by atoms with Gasteiger partial charge in [0.05, 0.1) is 13.2 Å². The number of pyridine rings is 1. The fourth-order valence-electron chi connectivity index (χ4n) is 4.34. The van der Waals surface area contributed by atoms with Gasteiger partial charge in [-0.15, -0.1) is 11.3 Å². The lowest BCUT2D eigenvalue weighted by Gasteiger charge is -2.27. The van der Waals surface area contributed by atoms with Gasteiger partial charge < -0.3 is 15.4 Å². The Kier molecular flexibility index (Phi) is 4.19. The van der Waals surface area contributed by atoms with Crippen molar-refractivity contribution in [2.45, 2.75) is 0 Å². The van der Waals surface area contributed by atoms with Crippen LogP contribution < -0.4 is 16.2 Å². The maximum Gasteiger partial charge on any atom is 0.259 e. The van der Waals surface area contributed by atoms with Gasteiger partial charge in [-0.2, -0.15) is 0 Å². The SMILES string of the molecule is Nc1ccc(-c2cccn3c(=O)cc(N4CCOCC4)nc23)c2sc3ccccc3c12. The number of hydrogen-bond donors (Lipinski definition) is 1. The Morgan fingerprint density at radius 1 is 1.00 bits per heavy atom. The summed E-state index contributed by atoms with van der Waals surface area (Å²) in [4.78, 5) is 20.0. The van der Waals surface area contributed by atoms with Crippen molar-refractivity contribution in [3.05, 3.63) is 71.1 Å². The molecule has 154 valence electrons. The van der Waals surface area contributed by atoms with E-state index in [9.17, 15) is 4.79 Å². The molecule has 5 aromatic rings. The summed E-state index contributed by atoms with van der Waals surface area (Å²) in [7, 11) is 0. The first kappa shape index (κ1) is 18.4. The maximum absolute atomic E-state index is 12.9. The van der Waals surface area contributed by atoms with Crippen LogP contribution in [-0.2, 0) is 4.74 Å². The summed E-state index contributed by atoms with van der Waals surface area (Å²) >= 11 is 1.72. The Bertz CT molecular complexity index is 1520. The molecule has 0 atom stereocenters. The van der Waals surface area contributed by atoms with E-state index in [1.54, 1.807) is 28.0 Å². The summed E-state index contributed by atoms with van der Waals surface area (Å²) < 4.78 is 9.38. The van der Waals surface area contributed by atoms with Crippen molar-refractivity contribution in [1.82, 2.24) is 9.38 Å². The van der Waals surface area contributed by atoms with Crippen LogP contribution in [0.5, 0.6) is 0 Å². The van der Waals surface area contributed by atoms with Crippen LogP contribution in [-0.4, -0.2) is 35.7 Å².